The van der Waals surface area contributed by atoms with E-state index in [4.69, 9.17) is 5.73 Å². The summed E-state index contributed by atoms with van der Waals surface area (Å²) >= 11 is 0. The number of hydrogen-bond donors (Lipinski definition) is 2. The number of fused-ring (bicyclic) bond motifs is 1. The first-order valence-corrected chi connectivity index (χ1v) is 12.3. The molecule has 0 saturated carbocycles. The third-order valence-corrected chi connectivity index (χ3v) is 6.64. The Labute approximate surface area is 215 Å². The van der Waals surface area contributed by atoms with Crippen LogP contribution in [0.25, 0.3) is 10.9 Å². The van der Waals surface area contributed by atoms with E-state index in [0.717, 1.165) is 48.5 Å². The largest absolute Gasteiger partial charge is 0.366 e. The molecule has 5 rings (SSSR count). The third kappa shape index (κ3) is 5.57. The fourth-order valence-electron chi connectivity index (χ4n) is 4.52. The Balaban J connectivity index is 1.24. The van der Waals surface area contributed by atoms with Gasteiger partial charge in [-0.25, -0.2) is 15.0 Å². The second-order valence-corrected chi connectivity index (χ2v) is 9.26. The molecule has 2 aromatic carbocycles. The van der Waals surface area contributed by atoms with Gasteiger partial charge in [0.15, 0.2) is 5.78 Å². The van der Waals surface area contributed by atoms with Crippen LogP contribution < -0.4 is 16.0 Å². The molecule has 37 heavy (non-hydrogen) atoms. The molecule has 1 fully saturated rings. The number of primary amides is 1. The fraction of sp³-hybridized carbons (Fsp3) is 0.250. The smallest absolute Gasteiger partial charge is 0.250 e. The van der Waals surface area contributed by atoms with Gasteiger partial charge in [0.25, 0.3) is 5.91 Å². The number of nitrogens with zero attached hydrogens (tertiary/aromatic N) is 5. The third-order valence-electron chi connectivity index (χ3n) is 6.64. The van der Waals surface area contributed by atoms with Crippen molar-refractivity contribution in [3.63, 3.8) is 0 Å². The molecule has 0 atom stereocenters. The lowest BCUT2D eigenvalue weighted by molar-refractivity contribution is 0.0987. The number of hydrogen-bond acceptors (Lipinski definition) is 8. The van der Waals surface area contributed by atoms with Crippen LogP contribution in [0, 0.1) is 0 Å². The van der Waals surface area contributed by atoms with Gasteiger partial charge in [0.2, 0.25) is 0 Å². The average molecular weight is 496 g/mol. The lowest BCUT2D eigenvalue weighted by Crippen LogP contribution is -2.44. The monoisotopic (exact) mass is 495 g/mol. The Morgan fingerprint density at radius 3 is 2.49 bits per heavy atom. The summed E-state index contributed by atoms with van der Waals surface area (Å²) in [4.78, 5) is 42.3. The number of ketones is 1. The Morgan fingerprint density at radius 2 is 1.73 bits per heavy atom. The van der Waals surface area contributed by atoms with Gasteiger partial charge in [-0.3, -0.25) is 9.59 Å². The molecule has 9 heteroatoms. The minimum Gasteiger partial charge on any atom is -0.366 e. The van der Waals surface area contributed by atoms with Crippen LogP contribution in [-0.4, -0.2) is 64.8 Å². The second kappa shape index (κ2) is 10.7. The summed E-state index contributed by atoms with van der Waals surface area (Å²) in [6.45, 7) is 4.39. The fourth-order valence-corrected chi connectivity index (χ4v) is 4.52. The van der Waals surface area contributed by atoms with Crippen molar-refractivity contribution < 1.29 is 9.59 Å². The molecule has 0 aliphatic carbocycles. The second-order valence-electron chi connectivity index (χ2n) is 9.26. The van der Waals surface area contributed by atoms with Crippen LogP contribution in [0.3, 0.4) is 0 Å². The summed E-state index contributed by atoms with van der Waals surface area (Å²) in [5.74, 6) is 1.03. The van der Waals surface area contributed by atoms with Crippen LogP contribution in [0.15, 0.2) is 67.1 Å². The highest BCUT2D eigenvalue weighted by atomic mass is 16.1. The molecular formula is C28H29N7O2. The first-order chi connectivity index (χ1) is 18.0. The molecule has 1 aliphatic rings. The maximum atomic E-state index is 12.9. The average Bonchev–Trinajstić information content (AvgIpc) is 2.92. The Hall–Kier alpha value is -4.37. The summed E-state index contributed by atoms with van der Waals surface area (Å²) in [6.07, 6.45) is 3.39. The predicted molar refractivity (Wildman–Crippen MR) is 144 cm³/mol. The Kier molecular flexibility index (Phi) is 7.04. The molecule has 9 nitrogen and oxygen atoms in total. The number of likely N-dealkylation sites (N-methyl/N-ethyl adjacent to an activating group) is 1. The van der Waals surface area contributed by atoms with Gasteiger partial charge in [0.1, 0.15) is 18.0 Å². The molecule has 3 N–H and O–H groups in total. The van der Waals surface area contributed by atoms with E-state index < -0.39 is 5.91 Å². The van der Waals surface area contributed by atoms with E-state index in [-0.39, 0.29) is 5.78 Å². The van der Waals surface area contributed by atoms with Crippen molar-refractivity contribution in [2.45, 2.75) is 13.0 Å². The summed E-state index contributed by atoms with van der Waals surface area (Å²) < 4.78 is 0. The van der Waals surface area contributed by atoms with Gasteiger partial charge < -0.3 is 20.9 Å². The van der Waals surface area contributed by atoms with E-state index in [1.54, 1.807) is 18.3 Å². The van der Waals surface area contributed by atoms with E-state index in [0.29, 0.717) is 35.4 Å². The van der Waals surface area contributed by atoms with Gasteiger partial charge in [-0.05, 0) is 42.4 Å². The number of aromatic nitrogens is 3. The Morgan fingerprint density at radius 1 is 0.946 bits per heavy atom. The molecule has 0 radical (unpaired) electrons. The Bertz CT molecular complexity index is 1430. The summed E-state index contributed by atoms with van der Waals surface area (Å²) in [5.41, 5.74) is 8.90. The van der Waals surface area contributed by atoms with Crippen molar-refractivity contribution in [2.75, 3.05) is 43.4 Å². The van der Waals surface area contributed by atoms with Crippen molar-refractivity contribution in [2.24, 2.45) is 5.73 Å². The number of benzene rings is 2. The quantitative estimate of drug-likeness (QED) is 0.358. The molecule has 2 aromatic heterocycles. The van der Waals surface area contributed by atoms with Gasteiger partial charge in [-0.15, -0.1) is 0 Å². The van der Waals surface area contributed by atoms with Gasteiger partial charge in [-0.1, -0.05) is 30.3 Å². The summed E-state index contributed by atoms with van der Waals surface area (Å²) in [5, 5.41) is 4.04. The highest BCUT2D eigenvalue weighted by molar-refractivity contribution is 6.06. The van der Waals surface area contributed by atoms with Gasteiger partial charge in [0.05, 0.1) is 11.1 Å². The number of nitrogens with two attached hydrogens (primary N) is 1. The number of nitrogens with one attached hydrogen (secondary N) is 1. The zero-order valence-electron chi connectivity index (χ0n) is 20.7. The normalized spacial score (nSPS) is 14.0. The van der Waals surface area contributed by atoms with Crippen LogP contribution in [0.2, 0.25) is 0 Å². The molecule has 1 saturated heterocycles. The SMILES string of the molecule is CN1CCN(c2ccc(C(=O)Cc3cccc(CNc4ncnc5c(C(N)=O)cccc45)c3)cn2)CC1. The van der Waals surface area contributed by atoms with Crippen molar-refractivity contribution >= 4 is 34.2 Å². The lowest BCUT2D eigenvalue weighted by atomic mass is 10.0. The standard InChI is InChI=1S/C28H29N7O2/c1-34-10-12-35(13-11-34)25-9-8-21(17-30-25)24(36)15-19-4-2-5-20(14-19)16-31-28-23-7-3-6-22(27(29)37)26(23)32-18-33-28/h2-9,14,17-18H,10-13,15-16H2,1H3,(H2,29,37)(H,31,32,33). The van der Waals surface area contributed by atoms with Crippen LogP contribution in [0.4, 0.5) is 11.6 Å². The number of amides is 1. The molecule has 4 aromatic rings. The number of para-hydroxylation sites is 1. The molecule has 1 aliphatic heterocycles. The van der Waals surface area contributed by atoms with Gasteiger partial charge >= 0.3 is 0 Å². The van der Waals surface area contributed by atoms with Crippen molar-refractivity contribution in [3.05, 3.63) is 89.4 Å². The molecule has 0 spiro atoms. The predicted octanol–water partition coefficient (Wildman–Crippen LogP) is 2.91. The molecule has 3 heterocycles. The molecule has 1 amide bonds. The molecule has 0 unspecified atom stereocenters. The number of Topliss-reactive ketones (excluding diaryl/α,β-unsaturated/α-hetero) is 1. The number of piperazine rings is 1. The molecule has 0 bridgehead atoms. The van der Waals surface area contributed by atoms with Crippen LogP contribution in [0.5, 0.6) is 0 Å². The topological polar surface area (TPSA) is 117 Å². The van der Waals surface area contributed by atoms with E-state index in [9.17, 15) is 9.59 Å². The van der Waals surface area contributed by atoms with E-state index in [1.807, 2.05) is 42.5 Å². The number of carbonyl (C=O) groups is 2. The zero-order valence-corrected chi connectivity index (χ0v) is 20.7. The van der Waals surface area contributed by atoms with Gasteiger partial charge in [-0.2, -0.15) is 0 Å². The van der Waals surface area contributed by atoms with Crippen molar-refractivity contribution in [3.8, 4) is 0 Å². The van der Waals surface area contributed by atoms with Crippen LogP contribution in [-0.2, 0) is 13.0 Å². The zero-order chi connectivity index (χ0) is 25.8. The number of anilines is 2. The number of rotatable bonds is 8. The van der Waals surface area contributed by atoms with Crippen LogP contribution in [0.1, 0.15) is 31.8 Å². The van der Waals surface area contributed by atoms with E-state index in [1.165, 1.54) is 6.33 Å². The first kappa shape index (κ1) is 24.3. The molecular weight excluding hydrogens is 466 g/mol. The van der Waals surface area contributed by atoms with Crippen LogP contribution >= 0.6 is 0 Å². The lowest BCUT2D eigenvalue weighted by Gasteiger charge is -2.33. The van der Waals surface area contributed by atoms with E-state index in [2.05, 4.69) is 37.1 Å². The minimum atomic E-state index is -0.531. The molecule has 188 valence electrons. The summed E-state index contributed by atoms with van der Waals surface area (Å²) in [6, 6.07) is 17.0. The highest BCUT2D eigenvalue weighted by Gasteiger charge is 2.16. The van der Waals surface area contributed by atoms with Crippen molar-refractivity contribution in [1.82, 2.24) is 19.9 Å². The maximum Gasteiger partial charge on any atom is 0.250 e. The first-order valence-electron chi connectivity index (χ1n) is 12.3. The van der Waals surface area contributed by atoms with Gasteiger partial charge in [0, 0.05) is 56.3 Å². The summed E-state index contributed by atoms with van der Waals surface area (Å²) in [7, 11) is 2.12. The van der Waals surface area contributed by atoms with Crippen molar-refractivity contribution in [1.29, 1.82) is 0 Å². The van der Waals surface area contributed by atoms with E-state index >= 15 is 0 Å². The maximum absolute atomic E-state index is 12.9. The minimum absolute atomic E-state index is 0.0308. The number of pyridine rings is 1. The number of carbonyl (C=O) groups excluding carboxylic acids is 2. The highest BCUT2D eigenvalue weighted by Crippen LogP contribution is 2.23.